The van der Waals surface area contributed by atoms with Crippen LogP contribution in [0, 0.1) is 0 Å². The molecule has 102 valence electrons. The third-order valence-corrected chi connectivity index (χ3v) is 4.50. The fourth-order valence-corrected chi connectivity index (χ4v) is 3.38. The highest BCUT2D eigenvalue weighted by Crippen LogP contribution is 2.28. The molecule has 0 spiro atoms. The van der Waals surface area contributed by atoms with E-state index in [1.165, 1.54) is 30.6 Å². The van der Waals surface area contributed by atoms with Crippen molar-refractivity contribution in [3.63, 3.8) is 0 Å². The number of ether oxygens (including phenoxy) is 1. The lowest BCUT2D eigenvalue weighted by Gasteiger charge is -2.34. The first-order valence-electron chi connectivity index (χ1n) is 7.31. The number of hydrogen-bond acceptors (Lipinski definition) is 5. The quantitative estimate of drug-likeness (QED) is 0.804. The molecule has 1 aromatic heterocycles. The lowest BCUT2D eigenvalue weighted by Crippen LogP contribution is -2.43. The summed E-state index contributed by atoms with van der Waals surface area (Å²) in [5.74, 6) is 0.881. The molecule has 4 heterocycles. The van der Waals surface area contributed by atoms with Crippen LogP contribution in [0.25, 0.3) is 0 Å². The Balaban J connectivity index is 1.55. The van der Waals surface area contributed by atoms with Crippen molar-refractivity contribution in [2.45, 2.75) is 38.0 Å². The summed E-state index contributed by atoms with van der Waals surface area (Å²) in [6.07, 6.45) is 5.63. The van der Waals surface area contributed by atoms with Crippen molar-refractivity contribution in [2.24, 2.45) is 0 Å². The Kier molecular flexibility index (Phi) is 2.98. The topological polar surface area (TPSA) is 50.3 Å². The fraction of sp³-hybridized carbons (Fsp3) is 0.714. The van der Waals surface area contributed by atoms with Gasteiger partial charge in [-0.3, -0.25) is 4.90 Å². The molecule has 1 N–H and O–H groups in total. The molecule has 4 rings (SSSR count). The van der Waals surface area contributed by atoms with Crippen molar-refractivity contribution < 1.29 is 4.74 Å². The monoisotopic (exact) mass is 260 g/mol. The highest BCUT2D eigenvalue weighted by Gasteiger charge is 2.34. The maximum absolute atomic E-state index is 5.99. The van der Waals surface area contributed by atoms with Crippen molar-refractivity contribution in [2.75, 3.05) is 26.2 Å². The first-order valence-corrected chi connectivity index (χ1v) is 7.31. The molecular formula is C14H20N4O. The molecule has 0 bridgehead atoms. The molecule has 0 radical (unpaired) electrons. The average Bonchev–Trinajstić information content (AvgIpc) is 2.94. The van der Waals surface area contributed by atoms with Crippen LogP contribution < -0.4 is 5.32 Å². The molecule has 2 unspecified atom stereocenters. The van der Waals surface area contributed by atoms with Crippen LogP contribution in [0.15, 0.2) is 6.20 Å². The van der Waals surface area contributed by atoms with Crippen LogP contribution in [-0.4, -0.2) is 47.2 Å². The second kappa shape index (κ2) is 4.81. The summed E-state index contributed by atoms with van der Waals surface area (Å²) in [5.41, 5.74) is 2.45. The number of hydrogen-bond donors (Lipinski definition) is 1. The van der Waals surface area contributed by atoms with Gasteiger partial charge in [0.25, 0.3) is 0 Å². The Hall–Kier alpha value is -1.04. The van der Waals surface area contributed by atoms with E-state index >= 15 is 0 Å². The molecular weight excluding hydrogens is 240 g/mol. The number of aromatic nitrogens is 2. The van der Waals surface area contributed by atoms with E-state index in [0.29, 0.717) is 6.04 Å². The van der Waals surface area contributed by atoms with E-state index < -0.39 is 0 Å². The zero-order valence-electron chi connectivity index (χ0n) is 11.1. The standard InChI is InChI=1S/C14H20N4O/c1-2-11-9-19-13(8-18(11)5-1)14-16-7-10-6-15-4-3-12(10)17-14/h7,11,13,15H,1-6,8-9H2. The molecule has 0 saturated carbocycles. The van der Waals surface area contributed by atoms with Crippen LogP contribution in [0.2, 0.25) is 0 Å². The van der Waals surface area contributed by atoms with E-state index in [4.69, 9.17) is 9.72 Å². The van der Waals surface area contributed by atoms with E-state index in [0.717, 1.165) is 38.5 Å². The number of nitrogens with zero attached hydrogens (tertiary/aromatic N) is 3. The third kappa shape index (κ3) is 2.16. The van der Waals surface area contributed by atoms with Gasteiger partial charge in [-0.25, -0.2) is 9.97 Å². The summed E-state index contributed by atoms with van der Waals surface area (Å²) in [6.45, 7) is 4.92. The molecule has 0 amide bonds. The van der Waals surface area contributed by atoms with Gasteiger partial charge in [0, 0.05) is 49.6 Å². The van der Waals surface area contributed by atoms with Crippen LogP contribution >= 0.6 is 0 Å². The Morgan fingerprint density at radius 3 is 3.42 bits per heavy atom. The molecule has 19 heavy (non-hydrogen) atoms. The Bertz CT molecular complexity index is 479. The predicted octanol–water partition coefficient (Wildman–Crippen LogP) is 0.658. The van der Waals surface area contributed by atoms with Crippen molar-refractivity contribution in [3.8, 4) is 0 Å². The van der Waals surface area contributed by atoms with Crippen LogP contribution in [0.3, 0.4) is 0 Å². The molecule has 1 aromatic rings. The number of fused-ring (bicyclic) bond motifs is 2. The summed E-state index contributed by atoms with van der Waals surface area (Å²) in [7, 11) is 0. The highest BCUT2D eigenvalue weighted by molar-refractivity contribution is 5.21. The van der Waals surface area contributed by atoms with Gasteiger partial charge in [-0.1, -0.05) is 0 Å². The first-order chi connectivity index (χ1) is 9.40. The number of rotatable bonds is 1. The highest BCUT2D eigenvalue weighted by atomic mass is 16.5. The first kappa shape index (κ1) is 11.8. The molecule has 2 fully saturated rings. The number of nitrogens with one attached hydrogen (secondary N) is 1. The molecule has 0 aliphatic carbocycles. The van der Waals surface area contributed by atoms with Crippen LogP contribution in [0.1, 0.15) is 36.0 Å². The minimum atomic E-state index is 0.0644. The van der Waals surface area contributed by atoms with Gasteiger partial charge in [-0.05, 0) is 19.4 Å². The molecule has 0 aromatic carbocycles. The third-order valence-electron chi connectivity index (χ3n) is 4.50. The van der Waals surface area contributed by atoms with Crippen molar-refractivity contribution >= 4 is 0 Å². The van der Waals surface area contributed by atoms with E-state index in [2.05, 4.69) is 15.2 Å². The van der Waals surface area contributed by atoms with Crippen molar-refractivity contribution in [1.82, 2.24) is 20.2 Å². The SMILES string of the molecule is c1nc(C2CN3CCCC3CO2)nc2c1CNCC2. The lowest BCUT2D eigenvalue weighted by molar-refractivity contribution is -0.0542. The summed E-state index contributed by atoms with van der Waals surface area (Å²) < 4.78 is 5.99. The normalized spacial score (nSPS) is 30.9. The Labute approximate surface area is 113 Å². The summed E-state index contributed by atoms with van der Waals surface area (Å²) in [5, 5.41) is 3.35. The minimum absolute atomic E-state index is 0.0644. The molecule has 2 saturated heterocycles. The van der Waals surface area contributed by atoms with Crippen LogP contribution in [0.5, 0.6) is 0 Å². The summed E-state index contributed by atoms with van der Waals surface area (Å²) in [6, 6.07) is 0.637. The van der Waals surface area contributed by atoms with Gasteiger partial charge in [-0.15, -0.1) is 0 Å². The smallest absolute Gasteiger partial charge is 0.158 e. The largest absolute Gasteiger partial charge is 0.367 e. The maximum atomic E-state index is 5.99. The van der Waals surface area contributed by atoms with Gasteiger partial charge in [-0.2, -0.15) is 0 Å². The van der Waals surface area contributed by atoms with E-state index in [1.807, 2.05) is 6.20 Å². The van der Waals surface area contributed by atoms with Crippen molar-refractivity contribution in [1.29, 1.82) is 0 Å². The lowest BCUT2D eigenvalue weighted by atomic mass is 10.1. The Morgan fingerprint density at radius 2 is 2.42 bits per heavy atom. The van der Waals surface area contributed by atoms with Gasteiger partial charge in [0.15, 0.2) is 5.82 Å². The van der Waals surface area contributed by atoms with Gasteiger partial charge in [0.1, 0.15) is 6.10 Å². The zero-order valence-corrected chi connectivity index (χ0v) is 11.1. The van der Waals surface area contributed by atoms with Gasteiger partial charge in [0.2, 0.25) is 0 Å². The van der Waals surface area contributed by atoms with E-state index in [9.17, 15) is 0 Å². The molecule has 5 nitrogen and oxygen atoms in total. The van der Waals surface area contributed by atoms with Gasteiger partial charge >= 0.3 is 0 Å². The van der Waals surface area contributed by atoms with Crippen molar-refractivity contribution in [3.05, 3.63) is 23.3 Å². The van der Waals surface area contributed by atoms with Crippen LogP contribution in [-0.2, 0) is 17.7 Å². The fourth-order valence-electron chi connectivity index (χ4n) is 3.38. The van der Waals surface area contributed by atoms with E-state index in [-0.39, 0.29) is 6.10 Å². The molecule has 5 heteroatoms. The number of morpholine rings is 1. The van der Waals surface area contributed by atoms with Crippen LogP contribution in [0.4, 0.5) is 0 Å². The molecule has 3 aliphatic rings. The van der Waals surface area contributed by atoms with Gasteiger partial charge < -0.3 is 10.1 Å². The average molecular weight is 260 g/mol. The van der Waals surface area contributed by atoms with Gasteiger partial charge in [0.05, 0.1) is 6.61 Å². The van der Waals surface area contributed by atoms with E-state index in [1.54, 1.807) is 0 Å². The Morgan fingerprint density at radius 1 is 1.42 bits per heavy atom. The minimum Gasteiger partial charge on any atom is -0.367 e. The second-order valence-electron chi connectivity index (χ2n) is 5.74. The molecule has 3 aliphatic heterocycles. The summed E-state index contributed by atoms with van der Waals surface area (Å²) in [4.78, 5) is 11.8. The summed E-state index contributed by atoms with van der Waals surface area (Å²) >= 11 is 0. The zero-order chi connectivity index (χ0) is 12.7. The second-order valence-corrected chi connectivity index (χ2v) is 5.74. The maximum Gasteiger partial charge on any atom is 0.158 e. The predicted molar refractivity (Wildman–Crippen MR) is 70.7 cm³/mol. The molecule has 2 atom stereocenters.